The summed E-state index contributed by atoms with van der Waals surface area (Å²) in [4.78, 5) is 51.3. The van der Waals surface area contributed by atoms with E-state index in [9.17, 15) is 39.6 Å². The Kier molecular flexibility index (Phi) is 10.7. The van der Waals surface area contributed by atoms with E-state index in [1.165, 1.54) is 12.8 Å². The third-order valence-electron chi connectivity index (χ3n) is 15.4. The Bertz CT molecular complexity index is 1350. The number of aliphatic carboxylic acids is 4. The summed E-state index contributed by atoms with van der Waals surface area (Å²) in [7, 11) is 0. The van der Waals surface area contributed by atoms with Crippen LogP contribution in [0, 0.1) is 71.0 Å². The van der Waals surface area contributed by atoms with E-state index >= 15 is 0 Å². The molecule has 53 heavy (non-hydrogen) atoms. The van der Waals surface area contributed by atoms with Crippen LogP contribution in [0.15, 0.2) is 0 Å². The van der Waals surface area contributed by atoms with Gasteiger partial charge in [0.25, 0.3) is 0 Å². The van der Waals surface area contributed by atoms with Gasteiger partial charge in [0.2, 0.25) is 0 Å². The number of carboxylic acid groups (broad SMARTS) is 4. The Morgan fingerprint density at radius 3 is 0.717 bits per heavy atom. The smallest absolute Gasteiger partial charge is 0.0635 e. The summed E-state index contributed by atoms with van der Waals surface area (Å²) in [5, 5.41) is 81.6. The first-order valence-electron chi connectivity index (χ1n) is 20.0. The second-order valence-corrected chi connectivity index (χ2v) is 17.5. The zero-order valence-corrected chi connectivity index (χ0v) is 32.0. The van der Waals surface area contributed by atoms with Crippen LogP contribution in [0.3, 0.4) is 0 Å². The Balaban J connectivity index is 0.00000400. The van der Waals surface area contributed by atoms with Crippen LogP contribution in [0.1, 0.15) is 77.0 Å². The topological polar surface area (TPSA) is 257 Å². The molecule has 297 valence electrons. The van der Waals surface area contributed by atoms with E-state index in [0.717, 1.165) is 64.2 Å². The van der Waals surface area contributed by atoms with Gasteiger partial charge in [-0.05, 0) is 74.0 Å². The fourth-order valence-electron chi connectivity index (χ4n) is 13.4. The van der Waals surface area contributed by atoms with Gasteiger partial charge in [-0.2, -0.15) is 0 Å². The van der Waals surface area contributed by atoms with E-state index < -0.39 is 71.7 Å². The second kappa shape index (κ2) is 14.9. The third-order valence-corrected chi connectivity index (χ3v) is 15.4. The summed E-state index contributed by atoms with van der Waals surface area (Å²) in [5.41, 5.74) is 0. The first-order valence-corrected chi connectivity index (χ1v) is 20.0. The molecule has 4 aliphatic carbocycles. The molecule has 5 aliphatic heterocycles. The van der Waals surface area contributed by atoms with Gasteiger partial charge in [-0.25, -0.2) is 0 Å². The van der Waals surface area contributed by atoms with Gasteiger partial charge < -0.3 is 39.6 Å². The van der Waals surface area contributed by atoms with Crippen molar-refractivity contribution in [3.8, 4) is 0 Å². The van der Waals surface area contributed by atoms with E-state index in [2.05, 4.69) is 42.5 Å². The van der Waals surface area contributed by atoms with E-state index in [1.807, 2.05) is 0 Å². The molecule has 16 nitrogen and oxygen atoms in total. The van der Waals surface area contributed by atoms with Gasteiger partial charge in [-0.1, -0.05) is 38.5 Å². The summed E-state index contributed by atoms with van der Waals surface area (Å²) in [6, 6.07) is 0. The molecule has 5 heterocycles. The van der Waals surface area contributed by atoms with Crippen molar-refractivity contribution in [2.75, 3.05) is 0 Å². The molecule has 4 saturated carbocycles. The van der Waals surface area contributed by atoms with Crippen molar-refractivity contribution in [1.82, 2.24) is 42.5 Å². The summed E-state index contributed by atoms with van der Waals surface area (Å²) < 4.78 is 0. The van der Waals surface area contributed by atoms with Crippen LogP contribution in [-0.2, 0) is 39.3 Å². The predicted molar refractivity (Wildman–Crippen MR) is 173 cm³/mol. The number of hydrogen-bond acceptors (Lipinski definition) is 16. The molecule has 20 unspecified atom stereocenters. The van der Waals surface area contributed by atoms with Crippen LogP contribution in [-0.4, -0.2) is 73.2 Å². The molecule has 0 amide bonds. The van der Waals surface area contributed by atoms with Crippen molar-refractivity contribution in [3.05, 3.63) is 0 Å². The minimum absolute atomic E-state index is 0. The van der Waals surface area contributed by atoms with Crippen LogP contribution in [0.5, 0.6) is 0 Å². The average Bonchev–Trinajstić information content (AvgIpc) is 3.86. The summed E-state index contributed by atoms with van der Waals surface area (Å²) in [6.07, 6.45) is 10.5. The summed E-state index contributed by atoms with van der Waals surface area (Å²) in [5.74, 6) is -16.1. The maximum absolute atomic E-state index is 13.0. The van der Waals surface area contributed by atoms with Gasteiger partial charge >= 0.3 is 0 Å². The van der Waals surface area contributed by atoms with Crippen LogP contribution in [0.2, 0.25) is 0 Å². The minimum atomic E-state index is -2.20. The van der Waals surface area contributed by atoms with E-state index in [4.69, 9.17) is 0 Å². The van der Waals surface area contributed by atoms with Gasteiger partial charge in [0.1, 0.15) is 0 Å². The first-order chi connectivity index (χ1) is 25.1. The van der Waals surface area contributed by atoms with Crippen molar-refractivity contribution in [1.29, 1.82) is 0 Å². The Labute approximate surface area is 322 Å². The van der Waals surface area contributed by atoms with E-state index in [0.29, 0.717) is 11.8 Å². The van der Waals surface area contributed by atoms with Crippen molar-refractivity contribution in [3.63, 3.8) is 0 Å². The number of nitrogens with one attached hydrogen (secondary N) is 8. The maximum atomic E-state index is 13.0. The van der Waals surface area contributed by atoms with Gasteiger partial charge in [0.15, 0.2) is 0 Å². The molecule has 9 fully saturated rings. The molecule has 5 saturated heterocycles. The van der Waals surface area contributed by atoms with E-state index in [1.54, 1.807) is 0 Å². The molecule has 9 rings (SSSR count). The molecule has 1 radical (unpaired) electrons. The fraction of sp³-hybridized carbons (Fsp3) is 0.889. The summed E-state index contributed by atoms with van der Waals surface area (Å²) >= 11 is 0. The number of hydrogen-bond donors (Lipinski definition) is 8. The van der Waals surface area contributed by atoms with Crippen molar-refractivity contribution < 1.29 is 59.7 Å². The molecule has 8 bridgehead atoms. The quantitative estimate of drug-likeness (QED) is 0.131. The Morgan fingerprint density at radius 2 is 0.509 bits per heavy atom. The average molecular weight is 917 g/mol. The molecule has 17 heteroatoms. The molecule has 8 N–H and O–H groups in total. The Hall–Kier alpha value is -1.79. The SMILES string of the molecule is O=C([O-])C1C(C(=O)[O-])C(C(=O)[O-])C2C3NC4NC(NC5NC(NC6NC(NC(N3)C2C1C(=O)[O-])C1CCCCC61)C1CCCCC51)C1CCCCC41.[Ir]. The molecular formula is C36H52IrN8O8-4. The molecule has 20 atom stereocenters. The number of carbonyl (C=O) groups excluding carboxylic acids is 4. The molecule has 0 spiro atoms. The van der Waals surface area contributed by atoms with Crippen LogP contribution in [0.4, 0.5) is 0 Å². The third kappa shape index (κ3) is 6.38. The standard InChI is InChI=1S/C36H56N8O8.Ir/c45-33(46)21-19-20(22(34(47)48)24(36(51)52)23(21)35(49)50)32-43-30-18-12-6-4-10-16(18)28(41-30)39-26-14-8-2-1-7-13(14)25(37-26)38-27-15-9-3-5-11-17(15)29(40-27)42-31(19)44-32;/h13-32,37-44H,1-12H2,(H,45,46)(H,47,48)(H,49,50)(H,51,52);/p-4. The molecule has 0 aromatic rings. The van der Waals surface area contributed by atoms with Crippen molar-refractivity contribution in [2.45, 2.75) is 126 Å². The summed E-state index contributed by atoms with van der Waals surface area (Å²) in [6.45, 7) is 0. The monoisotopic (exact) mass is 917 g/mol. The van der Waals surface area contributed by atoms with Gasteiger partial charge in [-0.3, -0.25) is 42.5 Å². The molecule has 0 aromatic heterocycles. The number of carboxylic acids is 4. The largest absolute Gasteiger partial charge is 0.550 e. The minimum Gasteiger partial charge on any atom is -0.550 e. The van der Waals surface area contributed by atoms with Crippen LogP contribution >= 0.6 is 0 Å². The fourth-order valence-corrected chi connectivity index (χ4v) is 13.4. The van der Waals surface area contributed by atoms with Gasteiger partial charge in [-0.15, -0.1) is 0 Å². The molecule has 9 aliphatic rings. The van der Waals surface area contributed by atoms with E-state index in [-0.39, 0.29) is 80.8 Å². The number of rotatable bonds is 4. The van der Waals surface area contributed by atoms with Gasteiger partial charge in [0.05, 0.1) is 49.3 Å². The van der Waals surface area contributed by atoms with Crippen LogP contribution in [0.25, 0.3) is 0 Å². The predicted octanol–water partition coefficient (Wildman–Crippen LogP) is -5.49. The van der Waals surface area contributed by atoms with Gasteiger partial charge in [0, 0.05) is 79.5 Å². The maximum Gasteiger partial charge on any atom is 0.0635 e. The molecular weight excluding hydrogens is 865 g/mol. The van der Waals surface area contributed by atoms with Crippen molar-refractivity contribution in [2.24, 2.45) is 71.0 Å². The second-order valence-electron chi connectivity index (χ2n) is 17.5. The zero-order chi connectivity index (χ0) is 36.0. The number of fused-ring (bicyclic) bond motifs is 20. The Morgan fingerprint density at radius 1 is 0.321 bits per heavy atom. The van der Waals surface area contributed by atoms with Crippen molar-refractivity contribution >= 4 is 23.9 Å². The zero-order valence-electron chi connectivity index (χ0n) is 29.6. The molecule has 0 aromatic carbocycles. The first kappa shape index (κ1) is 38.1. The van der Waals surface area contributed by atoms with Crippen LogP contribution < -0.4 is 63.0 Å². The number of carbonyl (C=O) groups is 4. The normalized spacial score (nSPS) is 51.5.